The number of hydrogen-bond donors (Lipinski definition) is 2. The molecule has 144 valence electrons. The van der Waals surface area contributed by atoms with Crippen molar-refractivity contribution in [2.75, 3.05) is 17.2 Å². The molecule has 4 aromatic rings. The molecule has 0 spiro atoms. The van der Waals surface area contributed by atoms with Crippen molar-refractivity contribution in [2.45, 2.75) is 13.0 Å². The molecule has 29 heavy (non-hydrogen) atoms. The molecule has 4 rings (SSSR count). The highest BCUT2D eigenvalue weighted by atomic mass is 15.1. The molecule has 2 N–H and O–H groups in total. The lowest BCUT2D eigenvalue weighted by Crippen LogP contribution is -2.09. The molecule has 0 radical (unpaired) electrons. The Balaban J connectivity index is 1.51. The molecule has 0 saturated carbocycles. The topological polar surface area (TPSA) is 62.7 Å². The average Bonchev–Trinajstić information content (AvgIpc) is 2.80. The summed E-state index contributed by atoms with van der Waals surface area (Å²) >= 11 is 0. The van der Waals surface area contributed by atoms with E-state index in [1.165, 1.54) is 5.56 Å². The fraction of sp³-hybridized carbons (Fsp3) is 0.125. The van der Waals surface area contributed by atoms with Crippen LogP contribution in [-0.2, 0) is 13.0 Å². The van der Waals surface area contributed by atoms with Crippen LogP contribution in [-0.4, -0.2) is 21.5 Å². The number of anilines is 2. The van der Waals surface area contributed by atoms with Crippen molar-refractivity contribution >= 4 is 11.6 Å². The first-order valence-corrected chi connectivity index (χ1v) is 9.72. The largest absolute Gasteiger partial charge is 0.370 e. The van der Waals surface area contributed by atoms with Crippen LogP contribution >= 0.6 is 0 Å². The monoisotopic (exact) mass is 381 g/mol. The van der Waals surface area contributed by atoms with Gasteiger partial charge in [-0.25, -0.2) is 9.97 Å². The molecule has 0 bridgehead atoms. The van der Waals surface area contributed by atoms with Gasteiger partial charge in [0.05, 0.1) is 0 Å². The first kappa shape index (κ1) is 18.6. The van der Waals surface area contributed by atoms with Gasteiger partial charge in [-0.1, -0.05) is 66.7 Å². The molecule has 2 heterocycles. The first-order chi connectivity index (χ1) is 14.4. The second-order valence-electron chi connectivity index (χ2n) is 6.71. The van der Waals surface area contributed by atoms with E-state index < -0.39 is 0 Å². The van der Waals surface area contributed by atoms with Gasteiger partial charge in [-0.2, -0.15) is 0 Å². The Morgan fingerprint density at radius 2 is 1.38 bits per heavy atom. The maximum absolute atomic E-state index is 4.72. The second kappa shape index (κ2) is 9.46. The van der Waals surface area contributed by atoms with Gasteiger partial charge in [0, 0.05) is 37.1 Å². The summed E-state index contributed by atoms with van der Waals surface area (Å²) < 4.78 is 0. The van der Waals surface area contributed by atoms with Gasteiger partial charge in [-0.3, -0.25) is 4.98 Å². The molecule has 0 atom stereocenters. The lowest BCUT2D eigenvalue weighted by Gasteiger charge is -2.12. The van der Waals surface area contributed by atoms with Gasteiger partial charge in [0.2, 0.25) is 0 Å². The van der Waals surface area contributed by atoms with Crippen LogP contribution in [0, 0.1) is 0 Å². The molecule has 0 aliphatic carbocycles. The van der Waals surface area contributed by atoms with Crippen LogP contribution in [0.25, 0.3) is 11.4 Å². The molecule has 5 heteroatoms. The van der Waals surface area contributed by atoms with E-state index >= 15 is 0 Å². The van der Waals surface area contributed by atoms with E-state index in [1.807, 2.05) is 60.8 Å². The molecule has 0 fully saturated rings. The van der Waals surface area contributed by atoms with Crippen molar-refractivity contribution in [2.24, 2.45) is 0 Å². The Morgan fingerprint density at radius 1 is 0.690 bits per heavy atom. The van der Waals surface area contributed by atoms with E-state index in [0.29, 0.717) is 12.4 Å². The van der Waals surface area contributed by atoms with E-state index in [-0.39, 0.29) is 0 Å². The summed E-state index contributed by atoms with van der Waals surface area (Å²) in [6.07, 6.45) is 4.56. The quantitative estimate of drug-likeness (QED) is 0.459. The van der Waals surface area contributed by atoms with Crippen LogP contribution in [0.3, 0.4) is 0 Å². The van der Waals surface area contributed by atoms with Crippen LogP contribution in [0.4, 0.5) is 11.6 Å². The van der Waals surface area contributed by atoms with Gasteiger partial charge >= 0.3 is 0 Å². The van der Waals surface area contributed by atoms with E-state index in [2.05, 4.69) is 39.9 Å². The van der Waals surface area contributed by atoms with Gasteiger partial charge in [0.1, 0.15) is 11.6 Å². The molecule has 0 aliphatic heterocycles. The average molecular weight is 381 g/mol. The Kier molecular flexibility index (Phi) is 6.08. The predicted molar refractivity (Wildman–Crippen MR) is 118 cm³/mol. The van der Waals surface area contributed by atoms with Crippen molar-refractivity contribution in [1.82, 2.24) is 15.0 Å². The third kappa shape index (κ3) is 5.39. The van der Waals surface area contributed by atoms with E-state index in [0.717, 1.165) is 35.7 Å². The van der Waals surface area contributed by atoms with Crippen LogP contribution in [0.2, 0.25) is 0 Å². The third-order valence-electron chi connectivity index (χ3n) is 4.52. The van der Waals surface area contributed by atoms with Crippen molar-refractivity contribution in [3.8, 4) is 11.4 Å². The van der Waals surface area contributed by atoms with Gasteiger partial charge in [-0.15, -0.1) is 0 Å². The zero-order valence-corrected chi connectivity index (χ0v) is 16.1. The fourth-order valence-electron chi connectivity index (χ4n) is 3.02. The molecule has 0 aliphatic rings. The number of hydrogen-bond acceptors (Lipinski definition) is 5. The zero-order valence-electron chi connectivity index (χ0n) is 16.1. The summed E-state index contributed by atoms with van der Waals surface area (Å²) in [7, 11) is 0. The number of nitrogens with one attached hydrogen (secondary N) is 2. The van der Waals surface area contributed by atoms with Crippen molar-refractivity contribution in [1.29, 1.82) is 0 Å². The maximum Gasteiger partial charge on any atom is 0.163 e. The number of rotatable bonds is 8. The Labute approximate surface area is 170 Å². The Hall–Kier alpha value is -3.73. The number of nitrogens with zero attached hydrogens (tertiary/aromatic N) is 3. The molecule has 0 amide bonds. The summed E-state index contributed by atoms with van der Waals surface area (Å²) in [5, 5.41) is 6.83. The number of aromatic nitrogens is 3. The van der Waals surface area contributed by atoms with Crippen molar-refractivity contribution in [3.63, 3.8) is 0 Å². The van der Waals surface area contributed by atoms with Crippen molar-refractivity contribution < 1.29 is 0 Å². The molecular weight excluding hydrogens is 358 g/mol. The molecule has 2 aromatic heterocycles. The lowest BCUT2D eigenvalue weighted by atomic mass is 10.1. The third-order valence-corrected chi connectivity index (χ3v) is 4.52. The van der Waals surface area contributed by atoms with Crippen LogP contribution in [0.1, 0.15) is 11.1 Å². The molecular formula is C24H23N5. The zero-order chi connectivity index (χ0) is 19.7. The first-order valence-electron chi connectivity index (χ1n) is 9.72. The minimum absolute atomic E-state index is 0.655. The lowest BCUT2D eigenvalue weighted by molar-refractivity contribution is 0.997. The minimum Gasteiger partial charge on any atom is -0.370 e. The molecule has 0 unspecified atom stereocenters. The molecule has 5 nitrogen and oxygen atoms in total. The van der Waals surface area contributed by atoms with Crippen LogP contribution in [0.5, 0.6) is 0 Å². The van der Waals surface area contributed by atoms with Crippen LogP contribution < -0.4 is 10.6 Å². The summed E-state index contributed by atoms with van der Waals surface area (Å²) in [5.41, 5.74) is 3.39. The normalized spacial score (nSPS) is 10.5. The summed E-state index contributed by atoms with van der Waals surface area (Å²) in [5.74, 6) is 2.29. The number of pyridine rings is 1. The van der Waals surface area contributed by atoms with E-state index in [4.69, 9.17) is 9.97 Å². The summed E-state index contributed by atoms with van der Waals surface area (Å²) in [4.78, 5) is 13.6. The van der Waals surface area contributed by atoms with Gasteiger partial charge < -0.3 is 10.6 Å². The maximum atomic E-state index is 4.72. The van der Waals surface area contributed by atoms with Gasteiger partial charge in [-0.05, 0) is 23.6 Å². The second-order valence-corrected chi connectivity index (χ2v) is 6.71. The Bertz CT molecular complexity index is 1020. The minimum atomic E-state index is 0.655. The summed E-state index contributed by atoms with van der Waals surface area (Å²) in [6, 6.07) is 26.4. The highest BCUT2D eigenvalue weighted by Gasteiger charge is 2.07. The predicted octanol–water partition coefficient (Wildman–Crippen LogP) is 4.81. The standard InChI is InChI=1S/C24H23N5/c1-3-8-19(9-4-1)13-15-26-22-16-23(27-18-20-10-7-14-25-17-20)29-24(28-22)21-11-5-2-6-12-21/h1-12,14,16-17H,13,15,18H2,(H2,26,27,28,29). The van der Waals surface area contributed by atoms with Gasteiger partial charge in [0.25, 0.3) is 0 Å². The number of benzene rings is 2. The van der Waals surface area contributed by atoms with Crippen LogP contribution in [0.15, 0.2) is 91.3 Å². The Morgan fingerprint density at radius 3 is 2.10 bits per heavy atom. The highest BCUT2D eigenvalue weighted by molar-refractivity contribution is 5.61. The van der Waals surface area contributed by atoms with Crippen molar-refractivity contribution in [3.05, 3.63) is 102 Å². The van der Waals surface area contributed by atoms with E-state index in [9.17, 15) is 0 Å². The molecule has 0 saturated heterocycles. The SMILES string of the molecule is c1ccc(CCNc2cc(NCc3cccnc3)nc(-c3ccccc3)n2)cc1. The van der Waals surface area contributed by atoms with Gasteiger partial charge in [0.15, 0.2) is 5.82 Å². The van der Waals surface area contributed by atoms with E-state index in [1.54, 1.807) is 6.20 Å². The fourth-order valence-corrected chi connectivity index (χ4v) is 3.02. The highest BCUT2D eigenvalue weighted by Crippen LogP contribution is 2.20. The molecule has 2 aromatic carbocycles. The summed E-state index contributed by atoms with van der Waals surface area (Å²) in [6.45, 7) is 1.46. The smallest absolute Gasteiger partial charge is 0.163 e.